The van der Waals surface area contributed by atoms with Gasteiger partial charge in [-0.05, 0) is 13.0 Å². The van der Waals surface area contributed by atoms with Crippen LogP contribution in [0.1, 0.15) is 24.2 Å². The number of aryl methyl sites for hydroxylation is 1. The number of nitrogens with two attached hydrogens (primary N) is 1. The van der Waals surface area contributed by atoms with Crippen molar-refractivity contribution in [2.45, 2.75) is 19.5 Å². The zero-order valence-corrected chi connectivity index (χ0v) is 9.87. The van der Waals surface area contributed by atoms with Crippen molar-refractivity contribution in [3.63, 3.8) is 0 Å². The van der Waals surface area contributed by atoms with Crippen LogP contribution in [0.3, 0.4) is 0 Å². The molecule has 0 aliphatic carbocycles. The number of nitrogens with zero attached hydrogens (tertiary/aromatic N) is 4. The first-order chi connectivity index (χ1) is 8.27. The molecule has 0 aliphatic heterocycles. The molecular formula is C11H15N5O. The average molecular weight is 233 g/mol. The Hall–Kier alpha value is -1.95. The third kappa shape index (κ3) is 2.12. The zero-order valence-electron chi connectivity index (χ0n) is 9.87. The minimum atomic E-state index is -0.317. The Labute approximate surface area is 99.4 Å². The molecule has 2 heterocycles. The minimum Gasteiger partial charge on any atom is -0.495 e. The quantitative estimate of drug-likeness (QED) is 0.843. The number of pyridine rings is 1. The lowest BCUT2D eigenvalue weighted by atomic mass is 10.1. The van der Waals surface area contributed by atoms with Gasteiger partial charge in [0.15, 0.2) is 0 Å². The van der Waals surface area contributed by atoms with Crippen molar-refractivity contribution in [2.75, 3.05) is 7.11 Å². The molecule has 0 fully saturated rings. The standard InChI is InChI=1S/C11H15N5O/c1-3-16-9(6-14-15-16)11(12)8-4-5-13-7-10(8)17-2/h4-7,11H,3,12H2,1-2H3. The van der Waals surface area contributed by atoms with Gasteiger partial charge in [0.1, 0.15) is 5.75 Å². The molecule has 0 radical (unpaired) electrons. The van der Waals surface area contributed by atoms with Crippen molar-refractivity contribution in [3.05, 3.63) is 35.9 Å². The molecule has 2 aromatic heterocycles. The third-order valence-electron chi connectivity index (χ3n) is 2.64. The topological polar surface area (TPSA) is 78.9 Å². The van der Waals surface area contributed by atoms with Gasteiger partial charge >= 0.3 is 0 Å². The average Bonchev–Trinajstić information content (AvgIpc) is 2.86. The van der Waals surface area contributed by atoms with Crippen LogP contribution in [0.15, 0.2) is 24.7 Å². The van der Waals surface area contributed by atoms with Crippen LogP contribution >= 0.6 is 0 Å². The van der Waals surface area contributed by atoms with E-state index in [-0.39, 0.29) is 6.04 Å². The lowest BCUT2D eigenvalue weighted by molar-refractivity contribution is 0.404. The highest BCUT2D eigenvalue weighted by Gasteiger charge is 2.17. The molecule has 2 rings (SSSR count). The number of ether oxygens (including phenoxy) is 1. The minimum absolute atomic E-state index is 0.317. The van der Waals surface area contributed by atoms with Gasteiger partial charge < -0.3 is 10.5 Å². The smallest absolute Gasteiger partial charge is 0.142 e. The molecule has 6 heteroatoms. The largest absolute Gasteiger partial charge is 0.495 e. The van der Waals surface area contributed by atoms with E-state index in [9.17, 15) is 0 Å². The maximum absolute atomic E-state index is 6.20. The van der Waals surface area contributed by atoms with Crippen molar-refractivity contribution >= 4 is 0 Å². The van der Waals surface area contributed by atoms with E-state index < -0.39 is 0 Å². The highest BCUT2D eigenvalue weighted by Crippen LogP contribution is 2.26. The van der Waals surface area contributed by atoms with Crippen LogP contribution in [0.25, 0.3) is 0 Å². The zero-order chi connectivity index (χ0) is 12.3. The van der Waals surface area contributed by atoms with E-state index in [1.165, 1.54) is 0 Å². The summed E-state index contributed by atoms with van der Waals surface area (Å²) in [4.78, 5) is 4.00. The fraction of sp³-hybridized carbons (Fsp3) is 0.364. The first-order valence-corrected chi connectivity index (χ1v) is 5.39. The fourth-order valence-electron chi connectivity index (χ4n) is 1.73. The number of hydrogen-bond acceptors (Lipinski definition) is 5. The Morgan fingerprint density at radius 2 is 2.29 bits per heavy atom. The summed E-state index contributed by atoms with van der Waals surface area (Å²) < 4.78 is 7.01. The second kappa shape index (κ2) is 4.92. The first kappa shape index (κ1) is 11.5. The van der Waals surface area contributed by atoms with E-state index in [1.54, 1.807) is 30.4 Å². The molecule has 0 aromatic carbocycles. The summed E-state index contributed by atoms with van der Waals surface area (Å²) in [5, 5.41) is 7.84. The van der Waals surface area contributed by atoms with E-state index in [0.29, 0.717) is 5.75 Å². The molecular weight excluding hydrogens is 218 g/mol. The van der Waals surface area contributed by atoms with E-state index in [1.807, 2.05) is 13.0 Å². The second-order valence-corrected chi connectivity index (χ2v) is 3.57. The van der Waals surface area contributed by atoms with Crippen molar-refractivity contribution in [1.82, 2.24) is 20.0 Å². The molecule has 2 aromatic rings. The summed E-state index contributed by atoms with van der Waals surface area (Å²) in [6, 6.07) is 1.53. The highest BCUT2D eigenvalue weighted by molar-refractivity contribution is 5.36. The lowest BCUT2D eigenvalue weighted by Gasteiger charge is -2.15. The number of rotatable bonds is 4. The van der Waals surface area contributed by atoms with Crippen LogP contribution in [-0.4, -0.2) is 27.1 Å². The number of methoxy groups -OCH3 is 1. The number of hydrogen-bond donors (Lipinski definition) is 1. The molecule has 2 N–H and O–H groups in total. The molecule has 1 unspecified atom stereocenters. The van der Waals surface area contributed by atoms with Gasteiger partial charge in [0.05, 0.1) is 31.2 Å². The van der Waals surface area contributed by atoms with Crippen LogP contribution < -0.4 is 10.5 Å². The summed E-state index contributed by atoms with van der Waals surface area (Å²) >= 11 is 0. The summed E-state index contributed by atoms with van der Waals surface area (Å²) in [5.41, 5.74) is 7.94. The Kier molecular flexibility index (Phi) is 3.34. The van der Waals surface area contributed by atoms with Gasteiger partial charge in [-0.2, -0.15) is 0 Å². The second-order valence-electron chi connectivity index (χ2n) is 3.57. The summed E-state index contributed by atoms with van der Waals surface area (Å²) in [6.45, 7) is 2.73. The Balaban J connectivity index is 2.40. The van der Waals surface area contributed by atoms with E-state index in [0.717, 1.165) is 17.8 Å². The molecule has 0 saturated carbocycles. The lowest BCUT2D eigenvalue weighted by Crippen LogP contribution is -2.18. The first-order valence-electron chi connectivity index (χ1n) is 5.39. The van der Waals surface area contributed by atoms with Crippen LogP contribution in [0.5, 0.6) is 5.75 Å². The van der Waals surface area contributed by atoms with Crippen molar-refractivity contribution < 1.29 is 4.74 Å². The van der Waals surface area contributed by atoms with Crippen LogP contribution in [0, 0.1) is 0 Å². The van der Waals surface area contributed by atoms with Crippen LogP contribution in [-0.2, 0) is 6.54 Å². The van der Waals surface area contributed by atoms with E-state index in [2.05, 4.69) is 15.3 Å². The van der Waals surface area contributed by atoms with Crippen molar-refractivity contribution in [3.8, 4) is 5.75 Å². The van der Waals surface area contributed by atoms with Crippen LogP contribution in [0.4, 0.5) is 0 Å². The molecule has 1 atom stereocenters. The predicted molar refractivity (Wildman–Crippen MR) is 62.5 cm³/mol. The molecule has 17 heavy (non-hydrogen) atoms. The monoisotopic (exact) mass is 233 g/mol. The SMILES string of the molecule is CCn1nncc1C(N)c1ccncc1OC. The van der Waals surface area contributed by atoms with Gasteiger partial charge in [0.25, 0.3) is 0 Å². The molecule has 6 nitrogen and oxygen atoms in total. The number of aromatic nitrogens is 4. The third-order valence-corrected chi connectivity index (χ3v) is 2.64. The Morgan fingerprint density at radius 1 is 1.47 bits per heavy atom. The summed E-state index contributed by atoms with van der Waals surface area (Å²) in [6.07, 6.45) is 5.01. The predicted octanol–water partition coefficient (Wildman–Crippen LogP) is 0.750. The molecule has 0 spiro atoms. The highest BCUT2D eigenvalue weighted by atomic mass is 16.5. The van der Waals surface area contributed by atoms with Gasteiger partial charge in [-0.3, -0.25) is 4.98 Å². The van der Waals surface area contributed by atoms with Gasteiger partial charge in [-0.1, -0.05) is 5.21 Å². The molecule has 90 valence electrons. The normalized spacial score (nSPS) is 12.4. The van der Waals surface area contributed by atoms with Gasteiger partial charge in [-0.25, -0.2) is 4.68 Å². The summed E-state index contributed by atoms with van der Waals surface area (Å²) in [5.74, 6) is 0.670. The maximum atomic E-state index is 6.20. The Morgan fingerprint density at radius 3 is 3.00 bits per heavy atom. The maximum Gasteiger partial charge on any atom is 0.142 e. The van der Waals surface area contributed by atoms with Gasteiger partial charge in [-0.15, -0.1) is 5.10 Å². The van der Waals surface area contributed by atoms with Crippen molar-refractivity contribution in [2.24, 2.45) is 5.73 Å². The van der Waals surface area contributed by atoms with E-state index >= 15 is 0 Å². The van der Waals surface area contributed by atoms with Crippen LogP contribution in [0.2, 0.25) is 0 Å². The van der Waals surface area contributed by atoms with Crippen molar-refractivity contribution in [1.29, 1.82) is 0 Å². The fourth-order valence-corrected chi connectivity index (χ4v) is 1.73. The Bertz CT molecular complexity index is 496. The molecule has 0 aliphatic rings. The summed E-state index contributed by atoms with van der Waals surface area (Å²) in [7, 11) is 1.60. The molecule has 0 amide bonds. The van der Waals surface area contributed by atoms with Gasteiger partial charge in [0, 0.05) is 18.3 Å². The van der Waals surface area contributed by atoms with Gasteiger partial charge in [0.2, 0.25) is 0 Å². The molecule has 0 bridgehead atoms. The molecule has 0 saturated heterocycles. The van der Waals surface area contributed by atoms with E-state index in [4.69, 9.17) is 10.5 Å².